The lowest BCUT2D eigenvalue weighted by Gasteiger charge is -2.11. The Labute approximate surface area is 176 Å². The van der Waals surface area contributed by atoms with Crippen molar-refractivity contribution >= 4 is 11.6 Å². The van der Waals surface area contributed by atoms with E-state index < -0.39 is 0 Å². The fourth-order valence-corrected chi connectivity index (χ4v) is 3.32. The van der Waals surface area contributed by atoms with Gasteiger partial charge in [0.2, 0.25) is 5.82 Å². The van der Waals surface area contributed by atoms with Crippen molar-refractivity contribution in [3.63, 3.8) is 0 Å². The molecule has 30 heavy (non-hydrogen) atoms. The van der Waals surface area contributed by atoms with Crippen molar-refractivity contribution in [2.24, 2.45) is 0 Å². The van der Waals surface area contributed by atoms with Crippen molar-refractivity contribution < 1.29 is 4.79 Å². The summed E-state index contributed by atoms with van der Waals surface area (Å²) < 4.78 is 1.76. The van der Waals surface area contributed by atoms with E-state index in [0.29, 0.717) is 5.82 Å². The van der Waals surface area contributed by atoms with Gasteiger partial charge in [-0.3, -0.25) is 4.79 Å². The van der Waals surface area contributed by atoms with Gasteiger partial charge in [-0.05, 0) is 56.5 Å². The second-order valence-electron chi connectivity index (χ2n) is 7.52. The van der Waals surface area contributed by atoms with Crippen LogP contribution in [0.25, 0.3) is 17.1 Å². The zero-order valence-electron chi connectivity index (χ0n) is 17.6. The number of nitrogens with zero attached hydrogens (tertiary/aromatic N) is 3. The first kappa shape index (κ1) is 19.6. The second kappa shape index (κ2) is 7.95. The fourth-order valence-electron chi connectivity index (χ4n) is 3.32. The van der Waals surface area contributed by atoms with Crippen LogP contribution in [0.4, 0.5) is 5.69 Å². The first-order chi connectivity index (χ1) is 14.4. The monoisotopic (exact) mass is 396 g/mol. The number of carbonyl (C=O) groups excluding carboxylic acids is 1. The zero-order chi connectivity index (χ0) is 21.3. The highest BCUT2D eigenvalue weighted by atomic mass is 16.2. The molecule has 1 N–H and O–H groups in total. The molecular weight excluding hydrogens is 372 g/mol. The van der Waals surface area contributed by atoms with Crippen LogP contribution < -0.4 is 5.32 Å². The normalized spacial score (nSPS) is 10.8. The van der Waals surface area contributed by atoms with E-state index in [4.69, 9.17) is 0 Å². The van der Waals surface area contributed by atoms with Gasteiger partial charge in [-0.1, -0.05) is 60.2 Å². The van der Waals surface area contributed by atoms with Gasteiger partial charge in [-0.2, -0.15) is 0 Å². The highest BCUT2D eigenvalue weighted by Gasteiger charge is 2.20. The molecule has 0 aliphatic carbocycles. The SMILES string of the molecule is Cc1ccc(-c2nc(C(=O)Nc3ccccc3C)nn2-c2cccc(C)c2C)cc1. The first-order valence-electron chi connectivity index (χ1n) is 9.91. The molecule has 5 heteroatoms. The average Bonchev–Trinajstić information content (AvgIpc) is 3.17. The van der Waals surface area contributed by atoms with E-state index in [0.717, 1.165) is 39.2 Å². The number of carbonyl (C=O) groups is 1. The molecule has 4 aromatic rings. The maximum absolute atomic E-state index is 13.0. The van der Waals surface area contributed by atoms with E-state index >= 15 is 0 Å². The van der Waals surface area contributed by atoms with Crippen LogP contribution in [0.5, 0.6) is 0 Å². The number of hydrogen-bond acceptors (Lipinski definition) is 3. The van der Waals surface area contributed by atoms with Crippen molar-refractivity contribution in [3.05, 3.63) is 94.8 Å². The Morgan fingerprint density at radius 1 is 0.833 bits per heavy atom. The van der Waals surface area contributed by atoms with Gasteiger partial charge in [-0.25, -0.2) is 9.67 Å². The molecule has 5 nitrogen and oxygen atoms in total. The standard InChI is InChI=1S/C25H24N4O/c1-16-12-14-20(15-13-16)24-27-23(25(30)26-21-10-6-5-8-18(21)3)28-29(24)22-11-7-9-17(2)19(22)4/h5-15H,1-4H3,(H,26,30). The van der Waals surface area contributed by atoms with Gasteiger partial charge in [0.25, 0.3) is 5.91 Å². The largest absolute Gasteiger partial charge is 0.319 e. The number of nitrogens with one attached hydrogen (secondary N) is 1. The van der Waals surface area contributed by atoms with E-state index in [1.807, 2.05) is 74.5 Å². The molecule has 0 bridgehead atoms. The minimum atomic E-state index is -0.332. The molecule has 0 saturated carbocycles. The van der Waals surface area contributed by atoms with Crippen LogP contribution in [0.2, 0.25) is 0 Å². The van der Waals surface area contributed by atoms with Crippen molar-refractivity contribution in [2.45, 2.75) is 27.7 Å². The summed E-state index contributed by atoms with van der Waals surface area (Å²) in [5, 5.41) is 7.53. The third-order valence-corrected chi connectivity index (χ3v) is 5.32. The summed E-state index contributed by atoms with van der Waals surface area (Å²) in [7, 11) is 0. The van der Waals surface area contributed by atoms with Crippen LogP contribution in [0.1, 0.15) is 32.9 Å². The lowest BCUT2D eigenvalue weighted by Crippen LogP contribution is -2.15. The van der Waals surface area contributed by atoms with Crippen LogP contribution in [-0.4, -0.2) is 20.7 Å². The number of hydrogen-bond donors (Lipinski definition) is 1. The Bertz CT molecular complexity index is 1220. The number of para-hydroxylation sites is 1. The molecule has 1 aromatic heterocycles. The smallest absolute Gasteiger partial charge is 0.295 e. The average molecular weight is 396 g/mol. The summed E-state index contributed by atoms with van der Waals surface area (Å²) in [6.45, 7) is 8.11. The van der Waals surface area contributed by atoms with Crippen molar-refractivity contribution in [2.75, 3.05) is 5.32 Å². The number of rotatable bonds is 4. The minimum absolute atomic E-state index is 0.134. The molecule has 0 aliphatic rings. The Morgan fingerprint density at radius 3 is 2.27 bits per heavy atom. The summed E-state index contributed by atoms with van der Waals surface area (Å²) in [5.41, 5.74) is 6.97. The molecule has 0 fully saturated rings. The van der Waals surface area contributed by atoms with Crippen LogP contribution in [0.3, 0.4) is 0 Å². The molecule has 3 aromatic carbocycles. The molecule has 1 amide bonds. The van der Waals surface area contributed by atoms with Gasteiger partial charge in [0, 0.05) is 11.3 Å². The number of aromatic nitrogens is 3. The summed E-state index contributed by atoms with van der Waals surface area (Å²) in [4.78, 5) is 17.6. The molecule has 0 saturated heterocycles. The minimum Gasteiger partial charge on any atom is -0.319 e. The molecular formula is C25H24N4O. The third-order valence-electron chi connectivity index (χ3n) is 5.32. The summed E-state index contributed by atoms with van der Waals surface area (Å²) in [5.74, 6) is 0.440. The first-order valence-corrected chi connectivity index (χ1v) is 9.91. The lowest BCUT2D eigenvalue weighted by molar-refractivity contribution is 0.101. The summed E-state index contributed by atoms with van der Waals surface area (Å²) >= 11 is 0. The highest BCUT2D eigenvalue weighted by molar-refractivity contribution is 6.02. The lowest BCUT2D eigenvalue weighted by atomic mass is 10.1. The van der Waals surface area contributed by atoms with Crippen molar-refractivity contribution in [3.8, 4) is 17.1 Å². The molecule has 0 aliphatic heterocycles. The van der Waals surface area contributed by atoms with Gasteiger partial charge in [0.1, 0.15) is 0 Å². The van der Waals surface area contributed by atoms with Gasteiger partial charge < -0.3 is 5.32 Å². The Hall–Kier alpha value is -3.73. The van der Waals surface area contributed by atoms with E-state index in [2.05, 4.69) is 35.3 Å². The van der Waals surface area contributed by atoms with Crippen LogP contribution >= 0.6 is 0 Å². The van der Waals surface area contributed by atoms with Crippen LogP contribution in [0.15, 0.2) is 66.7 Å². The number of benzene rings is 3. The second-order valence-corrected chi connectivity index (χ2v) is 7.52. The Morgan fingerprint density at radius 2 is 1.53 bits per heavy atom. The summed E-state index contributed by atoms with van der Waals surface area (Å²) in [6, 6.07) is 21.8. The quantitative estimate of drug-likeness (QED) is 0.501. The number of anilines is 1. The molecule has 4 rings (SSSR count). The molecule has 0 atom stereocenters. The molecule has 150 valence electrons. The van der Waals surface area contributed by atoms with Crippen molar-refractivity contribution in [1.82, 2.24) is 14.8 Å². The van der Waals surface area contributed by atoms with E-state index in [9.17, 15) is 4.79 Å². The van der Waals surface area contributed by atoms with Gasteiger partial charge in [-0.15, -0.1) is 5.10 Å². The van der Waals surface area contributed by atoms with Gasteiger partial charge >= 0.3 is 0 Å². The number of amides is 1. The van der Waals surface area contributed by atoms with Crippen LogP contribution in [-0.2, 0) is 0 Å². The third kappa shape index (κ3) is 3.74. The molecule has 0 radical (unpaired) electrons. The Kier molecular flexibility index (Phi) is 5.19. The van der Waals surface area contributed by atoms with E-state index in [-0.39, 0.29) is 11.7 Å². The predicted molar refractivity (Wildman–Crippen MR) is 120 cm³/mol. The maximum Gasteiger partial charge on any atom is 0.295 e. The zero-order valence-corrected chi connectivity index (χ0v) is 17.6. The molecule has 0 unspecified atom stereocenters. The highest BCUT2D eigenvalue weighted by Crippen LogP contribution is 2.25. The van der Waals surface area contributed by atoms with E-state index in [1.165, 1.54) is 0 Å². The summed E-state index contributed by atoms with van der Waals surface area (Å²) in [6.07, 6.45) is 0. The Balaban J connectivity index is 1.81. The number of aryl methyl sites for hydroxylation is 3. The van der Waals surface area contributed by atoms with E-state index in [1.54, 1.807) is 4.68 Å². The molecule has 0 spiro atoms. The van der Waals surface area contributed by atoms with Crippen LogP contribution in [0, 0.1) is 27.7 Å². The topological polar surface area (TPSA) is 59.8 Å². The molecule has 1 heterocycles. The predicted octanol–water partition coefficient (Wildman–Crippen LogP) is 5.42. The fraction of sp³-hybridized carbons (Fsp3) is 0.160. The maximum atomic E-state index is 13.0. The van der Waals surface area contributed by atoms with Crippen molar-refractivity contribution in [1.29, 1.82) is 0 Å². The van der Waals surface area contributed by atoms with Gasteiger partial charge in [0.05, 0.1) is 5.69 Å². The van der Waals surface area contributed by atoms with Gasteiger partial charge in [0.15, 0.2) is 5.82 Å².